The number of unbranched alkanes of at least 4 members (excludes halogenated alkanes) is 2. The molecule has 0 fully saturated rings. The van der Waals surface area contributed by atoms with Crippen LogP contribution in [0.3, 0.4) is 0 Å². The highest BCUT2D eigenvalue weighted by Crippen LogP contribution is 2.44. The second-order valence-electron chi connectivity index (χ2n) is 11.9. The molecule has 0 unspecified atom stereocenters. The van der Waals surface area contributed by atoms with Gasteiger partial charge in [0.1, 0.15) is 7.14 Å². The summed E-state index contributed by atoms with van der Waals surface area (Å²) in [7, 11) is -2.61. The first kappa shape index (κ1) is 34.6. The fourth-order valence-corrected chi connectivity index (χ4v) is 7.76. The minimum Gasteiger partial charge on any atom is -0.314 e. The van der Waals surface area contributed by atoms with Crippen LogP contribution in [-0.4, -0.2) is 6.16 Å². The molecule has 0 aliphatic carbocycles. The van der Waals surface area contributed by atoms with Gasteiger partial charge in [-0.05, 0) is 106 Å². The topological polar surface area (TPSA) is 17.1 Å². The molecule has 41 heavy (non-hydrogen) atoms. The van der Waals surface area contributed by atoms with Gasteiger partial charge >= 0.3 is 0 Å². The van der Waals surface area contributed by atoms with Crippen molar-refractivity contribution in [1.82, 2.24) is 0 Å². The Morgan fingerprint density at radius 1 is 0.512 bits per heavy atom. The van der Waals surface area contributed by atoms with Crippen LogP contribution in [0.4, 0.5) is 0 Å². The van der Waals surface area contributed by atoms with Gasteiger partial charge < -0.3 is 4.57 Å². The summed E-state index contributed by atoms with van der Waals surface area (Å²) in [5.41, 5.74) is 7.32. The van der Waals surface area contributed by atoms with Gasteiger partial charge in [0.15, 0.2) is 0 Å². The average Bonchev–Trinajstić information content (AvgIpc) is 2.97. The lowest BCUT2D eigenvalue weighted by Gasteiger charge is -2.19. The van der Waals surface area contributed by atoms with Crippen molar-refractivity contribution in [2.45, 2.75) is 106 Å². The molecule has 0 N–H and O–H groups in total. The fourth-order valence-electron chi connectivity index (χ4n) is 5.04. The minimum atomic E-state index is -2.61. The Labute approximate surface area is 252 Å². The van der Waals surface area contributed by atoms with E-state index >= 15 is 0 Å². The second-order valence-corrected chi connectivity index (χ2v) is 14.9. The Balaban J connectivity index is 1.72. The van der Waals surface area contributed by atoms with Crippen molar-refractivity contribution < 1.29 is 4.57 Å². The van der Waals surface area contributed by atoms with Crippen molar-refractivity contribution in [2.24, 2.45) is 0 Å². The van der Waals surface area contributed by atoms with E-state index < -0.39 is 7.14 Å². The van der Waals surface area contributed by atoms with E-state index in [-0.39, 0.29) is 0 Å². The number of hydrogen-bond acceptors (Lipinski definition) is 1. The molecule has 2 rings (SSSR count). The van der Waals surface area contributed by atoms with Crippen LogP contribution in [0.1, 0.15) is 106 Å². The predicted octanol–water partition coefficient (Wildman–Crippen LogP) is 11.7. The SMILES string of the molecule is CC(C)=CCC/C=C(\C)CC/C(C)=C/CC/C=C(\C)CC/C=C(\C)CCCP(=O)(c1ccccc1)c1ccccc1. The third-order valence-corrected chi connectivity index (χ3v) is 10.9. The Morgan fingerprint density at radius 2 is 0.902 bits per heavy atom. The van der Waals surface area contributed by atoms with Crippen LogP contribution in [-0.2, 0) is 4.57 Å². The van der Waals surface area contributed by atoms with E-state index in [1.54, 1.807) is 0 Å². The Bertz CT molecular complexity index is 1180. The van der Waals surface area contributed by atoms with Crippen LogP contribution in [0.15, 0.2) is 119 Å². The summed E-state index contributed by atoms with van der Waals surface area (Å²) < 4.78 is 14.2. The Hall–Kier alpha value is -2.63. The van der Waals surface area contributed by atoms with Gasteiger partial charge in [-0.3, -0.25) is 0 Å². The van der Waals surface area contributed by atoms with Crippen LogP contribution in [0.25, 0.3) is 0 Å². The van der Waals surface area contributed by atoms with Gasteiger partial charge in [-0.25, -0.2) is 0 Å². The molecule has 0 spiro atoms. The molecular weight excluding hydrogens is 515 g/mol. The smallest absolute Gasteiger partial charge is 0.143 e. The molecule has 0 atom stereocenters. The first-order valence-corrected chi connectivity index (χ1v) is 17.6. The van der Waals surface area contributed by atoms with Crippen LogP contribution in [0.5, 0.6) is 0 Å². The van der Waals surface area contributed by atoms with E-state index in [1.807, 2.05) is 60.7 Å². The molecule has 2 aromatic carbocycles. The summed E-state index contributed by atoms with van der Waals surface area (Å²) in [5, 5.41) is 1.94. The normalized spacial score (nSPS) is 13.4. The van der Waals surface area contributed by atoms with Crippen molar-refractivity contribution in [3.63, 3.8) is 0 Å². The molecule has 0 saturated carbocycles. The number of allylic oxidation sites excluding steroid dienone is 10. The standard InChI is InChI=1S/C39H55OP/c1-33(2)19-13-14-21-36(5)30-31-37(6)22-16-15-20-34(3)23-17-24-35(4)25-18-32-41(40,38-26-9-7-10-27-38)39-28-11-8-12-29-39/h7-12,19-22,24,26-29H,13-18,23,25,30-32H2,1-6H3/b34-20+,35-24+,36-21+,37-22+. The zero-order valence-corrected chi connectivity index (χ0v) is 27.7. The molecule has 1 nitrogen and oxygen atoms in total. The van der Waals surface area contributed by atoms with Crippen molar-refractivity contribution in [2.75, 3.05) is 6.16 Å². The maximum Gasteiger partial charge on any atom is 0.143 e. The highest BCUT2D eigenvalue weighted by molar-refractivity contribution is 7.78. The first-order chi connectivity index (χ1) is 19.7. The van der Waals surface area contributed by atoms with Gasteiger partial charge in [0.2, 0.25) is 0 Å². The summed E-state index contributed by atoms with van der Waals surface area (Å²) in [5.74, 6) is 0. The number of rotatable bonds is 18. The van der Waals surface area contributed by atoms with E-state index in [0.29, 0.717) is 6.16 Å². The zero-order valence-electron chi connectivity index (χ0n) is 26.8. The second kappa shape index (κ2) is 19.5. The molecule has 0 bridgehead atoms. The monoisotopic (exact) mass is 570 g/mol. The van der Waals surface area contributed by atoms with E-state index in [4.69, 9.17) is 0 Å². The zero-order chi connectivity index (χ0) is 29.9. The van der Waals surface area contributed by atoms with E-state index in [1.165, 1.54) is 40.7 Å². The van der Waals surface area contributed by atoms with Crippen molar-refractivity contribution in [3.05, 3.63) is 119 Å². The first-order valence-electron chi connectivity index (χ1n) is 15.7. The minimum absolute atomic E-state index is 0.713. The third kappa shape index (κ3) is 14.2. The summed E-state index contributed by atoms with van der Waals surface area (Å²) in [6.07, 6.45) is 23.7. The number of benzene rings is 2. The van der Waals surface area contributed by atoms with Crippen molar-refractivity contribution in [1.29, 1.82) is 0 Å². The molecule has 0 aliphatic heterocycles. The average molecular weight is 571 g/mol. The molecule has 0 aromatic heterocycles. The maximum absolute atomic E-state index is 14.2. The van der Waals surface area contributed by atoms with Gasteiger partial charge in [-0.1, -0.05) is 119 Å². The molecule has 2 aromatic rings. The quantitative estimate of drug-likeness (QED) is 0.0989. The third-order valence-electron chi connectivity index (χ3n) is 7.70. The molecule has 222 valence electrons. The lowest BCUT2D eigenvalue weighted by Crippen LogP contribution is -2.18. The Morgan fingerprint density at radius 3 is 1.37 bits per heavy atom. The highest BCUT2D eigenvalue weighted by atomic mass is 31.2. The van der Waals surface area contributed by atoms with Crippen LogP contribution >= 0.6 is 7.14 Å². The van der Waals surface area contributed by atoms with Crippen LogP contribution in [0, 0.1) is 0 Å². The van der Waals surface area contributed by atoms with E-state index in [0.717, 1.165) is 62.0 Å². The maximum atomic E-state index is 14.2. The summed E-state index contributed by atoms with van der Waals surface area (Å²) >= 11 is 0. The molecule has 0 heterocycles. The summed E-state index contributed by atoms with van der Waals surface area (Å²) in [6.45, 7) is 13.4. The van der Waals surface area contributed by atoms with Gasteiger partial charge in [-0.2, -0.15) is 0 Å². The fraction of sp³-hybridized carbons (Fsp3) is 0.436. The summed E-state index contributed by atoms with van der Waals surface area (Å²) in [4.78, 5) is 0. The molecule has 0 saturated heterocycles. The van der Waals surface area contributed by atoms with Crippen molar-refractivity contribution >= 4 is 17.8 Å². The highest BCUT2D eigenvalue weighted by Gasteiger charge is 2.26. The molecular formula is C39H55OP. The molecule has 0 radical (unpaired) electrons. The largest absolute Gasteiger partial charge is 0.314 e. The van der Waals surface area contributed by atoms with Crippen molar-refractivity contribution in [3.8, 4) is 0 Å². The van der Waals surface area contributed by atoms with Crippen LogP contribution < -0.4 is 10.6 Å². The lowest BCUT2D eigenvalue weighted by atomic mass is 10.0. The predicted molar refractivity (Wildman–Crippen MR) is 185 cm³/mol. The van der Waals surface area contributed by atoms with Gasteiger partial charge in [0.25, 0.3) is 0 Å². The molecule has 0 amide bonds. The Kier molecular flexibility index (Phi) is 16.4. The number of hydrogen-bond donors (Lipinski definition) is 0. The van der Waals surface area contributed by atoms with Crippen LogP contribution in [0.2, 0.25) is 0 Å². The van der Waals surface area contributed by atoms with Gasteiger partial charge in [0, 0.05) is 16.8 Å². The summed E-state index contributed by atoms with van der Waals surface area (Å²) in [6, 6.07) is 20.1. The molecule has 0 aliphatic rings. The lowest BCUT2D eigenvalue weighted by molar-refractivity contribution is 0.585. The van der Waals surface area contributed by atoms with Gasteiger partial charge in [0.05, 0.1) is 0 Å². The molecule has 2 heteroatoms. The van der Waals surface area contributed by atoms with E-state index in [9.17, 15) is 4.57 Å². The van der Waals surface area contributed by atoms with E-state index in [2.05, 4.69) is 71.9 Å². The van der Waals surface area contributed by atoms with Gasteiger partial charge in [-0.15, -0.1) is 0 Å².